The highest BCUT2D eigenvalue weighted by molar-refractivity contribution is 6.11. The van der Waals surface area contributed by atoms with Gasteiger partial charge in [-0.25, -0.2) is 4.79 Å². The van der Waals surface area contributed by atoms with E-state index in [0.29, 0.717) is 17.7 Å². The smallest absolute Gasteiger partial charge is 0.377 e. The Morgan fingerprint density at radius 1 is 1.10 bits per heavy atom. The van der Waals surface area contributed by atoms with Crippen LogP contribution in [0.15, 0.2) is 66.7 Å². The largest absolute Gasteiger partial charge is 0.493 e. The van der Waals surface area contributed by atoms with Crippen LogP contribution in [0.3, 0.4) is 0 Å². The Morgan fingerprint density at radius 3 is 2.66 bits per heavy atom. The fraction of sp³-hybridized carbons (Fsp3) is 0.217. The summed E-state index contributed by atoms with van der Waals surface area (Å²) in [5.41, 5.74) is 3.10. The monoisotopic (exact) mass is 391 g/mol. The van der Waals surface area contributed by atoms with Crippen LogP contribution in [0, 0.1) is 0 Å². The summed E-state index contributed by atoms with van der Waals surface area (Å²) in [4.78, 5) is 29.2. The van der Waals surface area contributed by atoms with Crippen molar-refractivity contribution < 1.29 is 23.8 Å². The van der Waals surface area contributed by atoms with E-state index in [1.165, 1.54) is 6.26 Å². The molecule has 6 nitrogen and oxygen atoms in total. The SMILES string of the molecule is CCc1cccc2c(C(=O)[C@@H](OC(=O)C3=COCCO3)c3ccccc3)c[nH]c12. The fourth-order valence-electron chi connectivity index (χ4n) is 3.40. The number of carbonyl (C=O) groups excluding carboxylic acids is 2. The van der Waals surface area contributed by atoms with Crippen LogP contribution in [0.5, 0.6) is 0 Å². The van der Waals surface area contributed by atoms with E-state index in [-0.39, 0.29) is 18.1 Å². The van der Waals surface area contributed by atoms with Gasteiger partial charge in [0.05, 0.1) is 0 Å². The Bertz CT molecular complexity index is 1070. The molecule has 0 radical (unpaired) electrons. The van der Waals surface area contributed by atoms with Crippen molar-refractivity contribution in [2.75, 3.05) is 13.2 Å². The molecule has 0 unspecified atom stereocenters. The van der Waals surface area contributed by atoms with Gasteiger partial charge in [0.25, 0.3) is 0 Å². The molecule has 1 aliphatic heterocycles. The molecule has 0 fully saturated rings. The molecule has 0 saturated heterocycles. The summed E-state index contributed by atoms with van der Waals surface area (Å²) in [6.45, 7) is 2.69. The maximum Gasteiger partial charge on any atom is 0.377 e. The summed E-state index contributed by atoms with van der Waals surface area (Å²) in [7, 11) is 0. The van der Waals surface area contributed by atoms with Gasteiger partial charge in [-0.3, -0.25) is 4.79 Å². The predicted molar refractivity (Wildman–Crippen MR) is 107 cm³/mol. The molecule has 3 aromatic rings. The van der Waals surface area contributed by atoms with E-state index in [1.807, 2.05) is 24.3 Å². The average molecular weight is 391 g/mol. The van der Waals surface area contributed by atoms with Crippen molar-refractivity contribution in [3.05, 3.63) is 83.4 Å². The maximum atomic E-state index is 13.4. The number of hydrogen-bond donors (Lipinski definition) is 1. The van der Waals surface area contributed by atoms with Crippen molar-refractivity contribution in [1.82, 2.24) is 4.98 Å². The number of aryl methyl sites for hydroxylation is 1. The summed E-state index contributed by atoms with van der Waals surface area (Å²) in [5.74, 6) is -1.08. The van der Waals surface area contributed by atoms with E-state index in [1.54, 1.807) is 30.5 Å². The minimum atomic E-state index is -1.10. The molecule has 2 aromatic carbocycles. The molecule has 0 saturated carbocycles. The number of esters is 1. The molecule has 29 heavy (non-hydrogen) atoms. The number of aromatic amines is 1. The van der Waals surface area contributed by atoms with Crippen LogP contribution in [0.4, 0.5) is 0 Å². The lowest BCUT2D eigenvalue weighted by molar-refractivity contribution is -0.148. The number of ether oxygens (including phenoxy) is 3. The van der Waals surface area contributed by atoms with Crippen molar-refractivity contribution in [3.8, 4) is 0 Å². The highest BCUT2D eigenvalue weighted by atomic mass is 16.6. The first kappa shape index (κ1) is 18.8. The molecular weight excluding hydrogens is 370 g/mol. The van der Waals surface area contributed by atoms with Crippen molar-refractivity contribution >= 4 is 22.7 Å². The number of carbonyl (C=O) groups is 2. The Balaban J connectivity index is 1.71. The number of rotatable bonds is 6. The molecule has 0 spiro atoms. The number of Topliss-reactive ketones (excluding diaryl/α,β-unsaturated/α-hetero) is 1. The third-order valence-electron chi connectivity index (χ3n) is 4.86. The molecule has 1 aromatic heterocycles. The average Bonchev–Trinajstić information content (AvgIpc) is 3.22. The van der Waals surface area contributed by atoms with E-state index in [4.69, 9.17) is 14.2 Å². The Morgan fingerprint density at radius 2 is 1.93 bits per heavy atom. The Labute approximate surface area is 168 Å². The lowest BCUT2D eigenvalue weighted by atomic mass is 9.98. The van der Waals surface area contributed by atoms with Gasteiger partial charge in [-0.15, -0.1) is 0 Å². The molecule has 1 aliphatic rings. The normalized spacial score (nSPS) is 14.4. The van der Waals surface area contributed by atoms with Crippen LogP contribution in [0.25, 0.3) is 10.9 Å². The zero-order chi connectivity index (χ0) is 20.2. The first-order valence-electron chi connectivity index (χ1n) is 9.52. The van der Waals surface area contributed by atoms with Gasteiger partial charge >= 0.3 is 5.97 Å². The second-order valence-corrected chi connectivity index (χ2v) is 6.66. The second-order valence-electron chi connectivity index (χ2n) is 6.66. The second kappa shape index (κ2) is 8.22. The molecule has 0 bridgehead atoms. The Kier molecular flexibility index (Phi) is 5.33. The van der Waals surface area contributed by atoms with Gasteiger partial charge in [-0.05, 0) is 12.0 Å². The van der Waals surface area contributed by atoms with Crippen LogP contribution in [-0.4, -0.2) is 30.0 Å². The lowest BCUT2D eigenvalue weighted by Gasteiger charge is -2.19. The van der Waals surface area contributed by atoms with Gasteiger partial charge in [0.2, 0.25) is 11.5 Å². The van der Waals surface area contributed by atoms with Gasteiger partial charge < -0.3 is 19.2 Å². The number of hydrogen-bond acceptors (Lipinski definition) is 5. The molecule has 6 heteroatoms. The topological polar surface area (TPSA) is 77.6 Å². The summed E-state index contributed by atoms with van der Waals surface area (Å²) in [5, 5.41) is 0.808. The van der Waals surface area contributed by atoms with Gasteiger partial charge in [0.15, 0.2) is 6.10 Å². The molecule has 1 N–H and O–H groups in total. The number of para-hydroxylation sites is 1. The standard InChI is InChI=1S/C23H21NO5/c1-2-15-9-6-10-17-18(13-24-20(15)17)21(25)22(16-7-4-3-5-8-16)29-23(26)19-14-27-11-12-28-19/h3-10,13-14,22,24H,2,11-12H2,1H3/t22-/m0/s1. The first-order chi connectivity index (χ1) is 14.2. The van der Waals surface area contributed by atoms with Gasteiger partial charge in [0, 0.05) is 28.2 Å². The lowest BCUT2D eigenvalue weighted by Crippen LogP contribution is -2.23. The van der Waals surface area contributed by atoms with Crippen molar-refractivity contribution in [2.24, 2.45) is 0 Å². The number of aromatic nitrogens is 1. The number of benzene rings is 2. The summed E-state index contributed by atoms with van der Waals surface area (Å²) < 4.78 is 16.0. The van der Waals surface area contributed by atoms with Crippen LogP contribution < -0.4 is 0 Å². The number of ketones is 1. The molecule has 148 valence electrons. The predicted octanol–water partition coefficient (Wildman–Crippen LogP) is 4.09. The van der Waals surface area contributed by atoms with Crippen LogP contribution in [-0.2, 0) is 25.4 Å². The highest BCUT2D eigenvalue weighted by Crippen LogP contribution is 2.29. The van der Waals surface area contributed by atoms with Crippen molar-refractivity contribution in [3.63, 3.8) is 0 Å². The van der Waals surface area contributed by atoms with E-state index in [0.717, 1.165) is 22.9 Å². The molecular formula is C23H21NO5. The zero-order valence-corrected chi connectivity index (χ0v) is 16.0. The minimum Gasteiger partial charge on any atom is -0.493 e. The third-order valence-corrected chi connectivity index (χ3v) is 4.86. The number of fused-ring (bicyclic) bond motifs is 1. The van der Waals surface area contributed by atoms with Gasteiger partial charge in [-0.2, -0.15) is 0 Å². The molecule has 0 aliphatic carbocycles. The highest BCUT2D eigenvalue weighted by Gasteiger charge is 2.30. The molecule has 1 atom stereocenters. The van der Waals surface area contributed by atoms with Crippen LogP contribution in [0.2, 0.25) is 0 Å². The number of H-pyrrole nitrogens is 1. The quantitative estimate of drug-likeness (QED) is 0.506. The van der Waals surface area contributed by atoms with Crippen LogP contribution in [0.1, 0.15) is 34.5 Å². The van der Waals surface area contributed by atoms with Crippen molar-refractivity contribution in [1.29, 1.82) is 0 Å². The van der Waals surface area contributed by atoms with Gasteiger partial charge in [0.1, 0.15) is 19.5 Å². The summed E-state index contributed by atoms with van der Waals surface area (Å²) in [6, 6.07) is 14.8. The third kappa shape index (κ3) is 3.74. The van der Waals surface area contributed by atoms with E-state index in [2.05, 4.69) is 11.9 Å². The van der Waals surface area contributed by atoms with E-state index < -0.39 is 12.1 Å². The minimum absolute atomic E-state index is 0.0443. The first-order valence-corrected chi connectivity index (χ1v) is 9.52. The molecule has 2 heterocycles. The van der Waals surface area contributed by atoms with Gasteiger partial charge in [-0.1, -0.05) is 55.5 Å². The van der Waals surface area contributed by atoms with Crippen molar-refractivity contribution in [2.45, 2.75) is 19.4 Å². The summed E-state index contributed by atoms with van der Waals surface area (Å²) >= 11 is 0. The van der Waals surface area contributed by atoms with Crippen LogP contribution >= 0.6 is 0 Å². The fourth-order valence-corrected chi connectivity index (χ4v) is 3.40. The maximum absolute atomic E-state index is 13.4. The molecule has 0 amide bonds. The number of nitrogens with one attached hydrogen (secondary N) is 1. The van der Waals surface area contributed by atoms with E-state index in [9.17, 15) is 9.59 Å². The Hall–Kier alpha value is -3.54. The summed E-state index contributed by atoms with van der Waals surface area (Å²) in [6.07, 6.45) is 2.64. The molecule has 4 rings (SSSR count). The van der Waals surface area contributed by atoms with E-state index >= 15 is 0 Å². The zero-order valence-electron chi connectivity index (χ0n) is 16.0.